The SMILES string of the molecule is [2H]C([2H])([2H])n1[cH+]n(-c2[c-]c(C(c3[c-]c4c(cc3)c3ccccc3n4-c3cc(-c4ccccc4C)ccn3)(c3ccccc3)c3ccccc3)ccc2)c2ccccc21.[Pt]. The van der Waals surface area contributed by atoms with Gasteiger partial charge in [-0.1, -0.05) is 115 Å². The van der Waals surface area contributed by atoms with Crippen LogP contribution in [0.1, 0.15) is 31.9 Å². The molecule has 0 aliphatic heterocycles. The van der Waals surface area contributed by atoms with Crippen molar-refractivity contribution in [3.63, 3.8) is 0 Å². The van der Waals surface area contributed by atoms with Crippen molar-refractivity contribution in [3.8, 4) is 22.6 Å². The van der Waals surface area contributed by atoms with Crippen LogP contribution in [0.5, 0.6) is 0 Å². The van der Waals surface area contributed by atoms with Crippen molar-refractivity contribution < 1.29 is 25.2 Å². The summed E-state index contributed by atoms with van der Waals surface area (Å²) in [5.74, 6) is 0.806. The summed E-state index contributed by atoms with van der Waals surface area (Å²) in [4.78, 5) is 4.98. The Morgan fingerprint density at radius 1 is 0.607 bits per heavy atom. The van der Waals surface area contributed by atoms with Gasteiger partial charge in [-0.15, -0.1) is 22.6 Å². The van der Waals surface area contributed by atoms with Crippen molar-refractivity contribution in [2.24, 2.45) is 6.98 Å². The van der Waals surface area contributed by atoms with Gasteiger partial charge in [0.2, 0.25) is 0 Å². The van der Waals surface area contributed by atoms with E-state index in [9.17, 15) is 0 Å². The van der Waals surface area contributed by atoms with Crippen molar-refractivity contribution in [3.05, 3.63) is 228 Å². The second-order valence-electron chi connectivity index (χ2n) is 14.0. The molecule has 0 N–H and O–H groups in total. The predicted octanol–water partition coefficient (Wildman–Crippen LogP) is 11.7. The van der Waals surface area contributed by atoms with Gasteiger partial charge in [0.25, 0.3) is 0 Å². The van der Waals surface area contributed by atoms with E-state index in [4.69, 9.17) is 9.10 Å². The van der Waals surface area contributed by atoms with Crippen LogP contribution < -0.4 is 0 Å². The van der Waals surface area contributed by atoms with E-state index in [0.29, 0.717) is 5.52 Å². The molecular weight excluding hydrogens is 864 g/mol. The zero-order valence-electron chi connectivity index (χ0n) is 33.5. The molecule has 0 amide bonds. The average Bonchev–Trinajstić information content (AvgIpc) is 3.82. The number of nitrogens with zero attached hydrogens (tertiary/aromatic N) is 4. The van der Waals surface area contributed by atoms with Crippen molar-refractivity contribution in [2.75, 3.05) is 0 Å². The number of imidazole rings is 1. The Labute approximate surface area is 345 Å². The number of rotatable bonds is 7. The third-order valence-corrected chi connectivity index (χ3v) is 10.9. The van der Waals surface area contributed by atoms with Crippen LogP contribution in [-0.2, 0) is 33.5 Å². The smallest absolute Gasteiger partial charge is 0.188 e. The van der Waals surface area contributed by atoms with Crippen LogP contribution in [0, 0.1) is 19.1 Å². The zero-order chi connectivity index (χ0) is 39.4. The normalized spacial score (nSPS) is 12.6. The predicted molar refractivity (Wildman–Crippen MR) is 225 cm³/mol. The first kappa shape index (κ1) is 31.9. The Bertz CT molecular complexity index is 3090. The maximum absolute atomic E-state index is 8.32. The molecule has 0 spiro atoms. The third kappa shape index (κ3) is 5.63. The average molecular weight is 904 g/mol. The molecule has 10 aromatic rings. The van der Waals surface area contributed by atoms with Gasteiger partial charge in [0.1, 0.15) is 5.82 Å². The maximum Gasteiger partial charge on any atom is 0.188 e. The number of hydrogen-bond donors (Lipinski definition) is 0. The van der Waals surface area contributed by atoms with Gasteiger partial charge in [0, 0.05) is 67.1 Å². The summed E-state index contributed by atoms with van der Waals surface area (Å²) in [6, 6.07) is 68.2. The molecule has 3 heterocycles. The topological polar surface area (TPSA) is 27.7 Å². The van der Waals surface area contributed by atoms with Crippen LogP contribution in [0.3, 0.4) is 0 Å². The Morgan fingerprint density at radius 2 is 1.27 bits per heavy atom. The van der Waals surface area contributed by atoms with Gasteiger partial charge in [0.15, 0.2) is 17.4 Å². The van der Waals surface area contributed by atoms with Gasteiger partial charge in [-0.2, -0.15) is 30.3 Å². The van der Waals surface area contributed by atoms with E-state index in [-0.39, 0.29) is 21.1 Å². The fourth-order valence-electron chi connectivity index (χ4n) is 8.38. The maximum atomic E-state index is 8.32. The molecule has 0 fully saturated rings. The van der Waals surface area contributed by atoms with E-state index in [1.54, 1.807) is 6.33 Å². The number of hydrogen-bond acceptors (Lipinski definition) is 1. The quantitative estimate of drug-likeness (QED) is 0.116. The summed E-state index contributed by atoms with van der Waals surface area (Å²) in [5, 5.41) is 2.19. The zero-order valence-corrected chi connectivity index (χ0v) is 32.8. The van der Waals surface area contributed by atoms with Crippen LogP contribution in [0.2, 0.25) is 0 Å². The van der Waals surface area contributed by atoms with Crippen LogP contribution in [0.25, 0.3) is 55.5 Å². The molecule has 0 atom stereocenters. The summed E-state index contributed by atoms with van der Waals surface area (Å²) in [5.41, 5.74) is 10.5. The number of benzene rings is 7. The van der Waals surface area contributed by atoms with Crippen molar-refractivity contribution in [2.45, 2.75) is 12.3 Å². The Hall–Kier alpha value is -6.35. The van der Waals surface area contributed by atoms with Crippen molar-refractivity contribution in [1.29, 1.82) is 0 Å². The molecule has 0 radical (unpaired) electrons. The molecule has 10 rings (SSSR count). The summed E-state index contributed by atoms with van der Waals surface area (Å²) in [6.45, 7) is -0.226. The second-order valence-corrected chi connectivity index (χ2v) is 14.0. The van der Waals surface area contributed by atoms with Crippen LogP contribution in [-0.4, -0.2) is 18.7 Å². The molecule has 0 aliphatic rings. The molecule has 4 nitrogen and oxygen atoms in total. The van der Waals surface area contributed by atoms with E-state index in [1.165, 1.54) is 15.7 Å². The van der Waals surface area contributed by atoms with Gasteiger partial charge in [-0.05, 0) is 70.5 Å². The molecule has 0 saturated carbocycles. The number of fused-ring (bicyclic) bond motifs is 4. The minimum atomic E-state index is -2.36. The van der Waals surface area contributed by atoms with Crippen molar-refractivity contribution in [1.82, 2.24) is 18.7 Å². The van der Waals surface area contributed by atoms with E-state index >= 15 is 0 Å². The van der Waals surface area contributed by atoms with Crippen LogP contribution >= 0.6 is 0 Å². The Balaban J connectivity index is 0.00000449. The van der Waals surface area contributed by atoms with E-state index in [0.717, 1.165) is 66.6 Å². The molecule has 7 aromatic carbocycles. The molecule has 0 aliphatic carbocycles. The van der Waals surface area contributed by atoms with Gasteiger partial charge in [-0.3, -0.25) is 0 Å². The minimum absolute atomic E-state index is 0. The first-order valence-corrected chi connectivity index (χ1v) is 18.5. The summed E-state index contributed by atoms with van der Waals surface area (Å²) < 4.78 is 30.5. The summed E-state index contributed by atoms with van der Waals surface area (Å²) >= 11 is 0. The fourth-order valence-corrected chi connectivity index (χ4v) is 8.38. The van der Waals surface area contributed by atoms with E-state index in [1.807, 2.05) is 59.3 Å². The standard InChI is InChI=1S/C51H37N4.Pt/c1-36-16-9-10-23-43(36)37-30-31-52-50(32-37)55-46-25-12-11-24-44(46)45-29-28-41(34-49(45)55)51(38-17-5-3-6-18-38,39-19-7-4-8-20-39)40-21-15-22-42(33-40)54-35-53(2)47-26-13-14-27-48(47)54;/h3-32,35H,1-2H3;/q-1;/i2D3;. The van der Waals surface area contributed by atoms with Gasteiger partial charge < -0.3 is 4.57 Å². The minimum Gasteiger partial charge on any atom is -0.319 e. The molecule has 56 heavy (non-hydrogen) atoms. The Kier molecular flexibility index (Phi) is 8.20. The van der Waals surface area contributed by atoms with E-state index < -0.39 is 12.4 Å². The van der Waals surface area contributed by atoms with Crippen LogP contribution in [0.15, 0.2) is 188 Å². The molecule has 0 unspecified atom stereocenters. The molecule has 0 saturated heterocycles. The van der Waals surface area contributed by atoms with Crippen LogP contribution in [0.4, 0.5) is 0 Å². The number of aryl methyl sites for hydroxylation is 2. The fraction of sp³-hybridized carbons (Fsp3) is 0.0588. The summed E-state index contributed by atoms with van der Waals surface area (Å²) in [7, 11) is 0. The molecule has 3 aromatic heterocycles. The second kappa shape index (κ2) is 14.4. The largest absolute Gasteiger partial charge is 0.319 e. The number of aromatic nitrogens is 4. The van der Waals surface area contributed by atoms with Gasteiger partial charge >= 0.3 is 0 Å². The molecular formula is C51H37N4Pt-. The number of para-hydroxylation sites is 3. The monoisotopic (exact) mass is 903 g/mol. The van der Waals surface area contributed by atoms with Crippen molar-refractivity contribution >= 4 is 32.8 Å². The van der Waals surface area contributed by atoms with Gasteiger partial charge in [-0.25, -0.2) is 14.1 Å². The molecule has 272 valence electrons. The van der Waals surface area contributed by atoms with E-state index in [2.05, 4.69) is 151 Å². The molecule has 5 heteroatoms. The first-order chi connectivity index (χ1) is 28.3. The number of pyridine rings is 1. The van der Waals surface area contributed by atoms with Gasteiger partial charge in [0.05, 0.1) is 0 Å². The third-order valence-electron chi connectivity index (χ3n) is 10.9. The Morgan fingerprint density at radius 3 is 2.02 bits per heavy atom. The molecule has 0 bridgehead atoms. The first-order valence-electron chi connectivity index (χ1n) is 20.0. The summed E-state index contributed by atoms with van der Waals surface area (Å²) in [6.07, 6.45) is 3.55.